The van der Waals surface area contributed by atoms with E-state index < -0.39 is 5.97 Å². The molecular weight excluding hydrogens is 240 g/mol. The number of benzene rings is 2. The summed E-state index contributed by atoms with van der Waals surface area (Å²) in [6.45, 7) is 0. The smallest absolute Gasteiger partial charge is 0.343 e. The molecule has 0 radical (unpaired) electrons. The molecule has 0 atom stereocenters. The second-order valence-corrected chi connectivity index (χ2v) is 3.79. The molecule has 2 aromatic carbocycles. The maximum absolute atomic E-state index is 11.9. The lowest BCUT2D eigenvalue weighted by Gasteiger charge is -2.07. The first-order chi connectivity index (χ1) is 9.31. The molecule has 0 aromatic heterocycles. The molecule has 0 amide bonds. The van der Waals surface area contributed by atoms with Gasteiger partial charge in [0.05, 0.1) is 5.56 Å². The van der Waals surface area contributed by atoms with Gasteiger partial charge < -0.3 is 4.74 Å². The van der Waals surface area contributed by atoms with Gasteiger partial charge in [-0.25, -0.2) is 4.79 Å². The molecular formula is C16H12O3. The van der Waals surface area contributed by atoms with Gasteiger partial charge in [-0.05, 0) is 30.4 Å². The highest BCUT2D eigenvalue weighted by molar-refractivity contribution is 5.91. The van der Waals surface area contributed by atoms with Crippen LogP contribution in [0.3, 0.4) is 0 Å². The molecule has 19 heavy (non-hydrogen) atoms. The molecule has 0 unspecified atom stereocenters. The summed E-state index contributed by atoms with van der Waals surface area (Å²) in [6, 6.07) is 15.8. The molecule has 3 nitrogen and oxygen atoms in total. The second-order valence-electron chi connectivity index (χ2n) is 3.79. The molecule has 3 heteroatoms. The van der Waals surface area contributed by atoms with Crippen LogP contribution in [0.2, 0.25) is 0 Å². The third-order valence-electron chi connectivity index (χ3n) is 2.49. The minimum absolute atomic E-state index is 0.424. The summed E-state index contributed by atoms with van der Waals surface area (Å²) in [6.07, 6.45) is 3.63. The van der Waals surface area contributed by atoms with Crippen LogP contribution in [-0.2, 0) is 4.79 Å². The lowest BCUT2D eigenvalue weighted by Crippen LogP contribution is -2.08. The van der Waals surface area contributed by atoms with E-state index in [0.29, 0.717) is 23.2 Å². The van der Waals surface area contributed by atoms with Crippen LogP contribution < -0.4 is 4.74 Å². The van der Waals surface area contributed by atoms with E-state index >= 15 is 0 Å². The molecule has 2 rings (SSSR count). The molecule has 0 spiro atoms. The van der Waals surface area contributed by atoms with E-state index in [9.17, 15) is 9.59 Å². The van der Waals surface area contributed by atoms with Gasteiger partial charge in [0.1, 0.15) is 12.0 Å². The predicted octanol–water partition coefficient (Wildman–Crippen LogP) is 3.12. The first-order valence-corrected chi connectivity index (χ1v) is 5.79. The first kappa shape index (κ1) is 12.8. The highest BCUT2D eigenvalue weighted by Gasteiger charge is 2.09. The van der Waals surface area contributed by atoms with Gasteiger partial charge in [0.2, 0.25) is 0 Å². The van der Waals surface area contributed by atoms with Crippen molar-refractivity contribution >= 4 is 18.3 Å². The van der Waals surface area contributed by atoms with Gasteiger partial charge in [0, 0.05) is 5.56 Å². The van der Waals surface area contributed by atoms with Crippen LogP contribution in [0.25, 0.3) is 6.08 Å². The predicted molar refractivity (Wildman–Crippen MR) is 72.9 cm³/mol. The fourth-order valence-corrected chi connectivity index (χ4v) is 1.59. The van der Waals surface area contributed by atoms with Gasteiger partial charge in [-0.15, -0.1) is 0 Å². The summed E-state index contributed by atoms with van der Waals surface area (Å²) in [5.41, 5.74) is 1.16. The van der Waals surface area contributed by atoms with Crippen molar-refractivity contribution < 1.29 is 14.3 Å². The number of allylic oxidation sites excluding steroid dienone is 1. The van der Waals surface area contributed by atoms with E-state index in [0.717, 1.165) is 0 Å². The minimum atomic E-state index is -0.424. The fourth-order valence-electron chi connectivity index (χ4n) is 1.59. The summed E-state index contributed by atoms with van der Waals surface area (Å²) < 4.78 is 5.32. The second kappa shape index (κ2) is 6.31. The maximum Gasteiger partial charge on any atom is 0.343 e. The third-order valence-corrected chi connectivity index (χ3v) is 2.49. The van der Waals surface area contributed by atoms with E-state index in [1.54, 1.807) is 48.5 Å². The summed E-state index contributed by atoms with van der Waals surface area (Å²) >= 11 is 0. The number of rotatable bonds is 4. The summed E-state index contributed by atoms with van der Waals surface area (Å²) in [4.78, 5) is 22.3. The number of carbonyl (C=O) groups excluding carboxylic acids is 2. The molecule has 0 aliphatic heterocycles. The number of esters is 1. The van der Waals surface area contributed by atoms with E-state index in [1.165, 1.54) is 6.08 Å². The van der Waals surface area contributed by atoms with Gasteiger partial charge >= 0.3 is 5.97 Å². The van der Waals surface area contributed by atoms with E-state index in [4.69, 9.17) is 4.74 Å². The average Bonchev–Trinajstić information content (AvgIpc) is 2.47. The fraction of sp³-hybridized carbons (Fsp3) is 0. The lowest BCUT2D eigenvalue weighted by molar-refractivity contribution is -0.104. The van der Waals surface area contributed by atoms with Crippen molar-refractivity contribution in [2.24, 2.45) is 0 Å². The molecule has 0 saturated carbocycles. The molecule has 94 valence electrons. The third kappa shape index (κ3) is 3.39. The Morgan fingerprint density at radius 1 is 0.947 bits per heavy atom. The van der Waals surface area contributed by atoms with Crippen molar-refractivity contribution in [3.05, 3.63) is 71.8 Å². The Balaban J connectivity index is 2.22. The van der Waals surface area contributed by atoms with E-state index in [2.05, 4.69) is 0 Å². The summed E-state index contributed by atoms with van der Waals surface area (Å²) in [5.74, 6) is 0.00186. The van der Waals surface area contributed by atoms with Crippen LogP contribution in [-0.4, -0.2) is 12.3 Å². The van der Waals surface area contributed by atoms with E-state index in [-0.39, 0.29) is 0 Å². The van der Waals surface area contributed by atoms with Crippen LogP contribution in [0, 0.1) is 0 Å². The number of ether oxygens (including phenoxy) is 1. The zero-order valence-electron chi connectivity index (χ0n) is 10.2. The van der Waals surface area contributed by atoms with Gasteiger partial charge in [0.15, 0.2) is 0 Å². The average molecular weight is 252 g/mol. The van der Waals surface area contributed by atoms with Crippen molar-refractivity contribution in [2.75, 3.05) is 0 Å². The first-order valence-electron chi connectivity index (χ1n) is 5.79. The highest BCUT2D eigenvalue weighted by Crippen LogP contribution is 2.20. The Bertz CT molecular complexity index is 600. The number of para-hydroxylation sites is 1. The van der Waals surface area contributed by atoms with Crippen LogP contribution in [0.5, 0.6) is 5.75 Å². The van der Waals surface area contributed by atoms with Crippen molar-refractivity contribution in [2.45, 2.75) is 0 Å². The SMILES string of the molecule is O=CC=Cc1ccccc1OC(=O)c1ccccc1. The van der Waals surface area contributed by atoms with Crippen molar-refractivity contribution in [1.82, 2.24) is 0 Å². The Labute approximate surface area is 111 Å². The van der Waals surface area contributed by atoms with Crippen molar-refractivity contribution in [3.63, 3.8) is 0 Å². The van der Waals surface area contributed by atoms with Gasteiger partial charge in [0.25, 0.3) is 0 Å². The highest BCUT2D eigenvalue weighted by atomic mass is 16.5. The molecule has 0 aliphatic rings. The standard InChI is InChI=1S/C16H12O3/c17-12-6-10-13-7-4-5-11-15(13)19-16(18)14-8-2-1-3-9-14/h1-12H. The van der Waals surface area contributed by atoms with Gasteiger partial charge in [-0.3, -0.25) is 4.79 Å². The van der Waals surface area contributed by atoms with Crippen LogP contribution in [0.1, 0.15) is 15.9 Å². The zero-order valence-corrected chi connectivity index (χ0v) is 10.2. The Morgan fingerprint density at radius 2 is 1.63 bits per heavy atom. The molecule has 0 N–H and O–H groups in total. The molecule has 0 fully saturated rings. The Morgan fingerprint density at radius 3 is 2.37 bits per heavy atom. The number of carbonyl (C=O) groups is 2. The number of hydrogen-bond donors (Lipinski definition) is 0. The topological polar surface area (TPSA) is 43.4 Å². The van der Waals surface area contributed by atoms with E-state index in [1.807, 2.05) is 12.1 Å². The Hall–Kier alpha value is -2.68. The molecule has 0 bridgehead atoms. The summed E-state index contributed by atoms with van der Waals surface area (Å²) in [7, 11) is 0. The number of hydrogen-bond acceptors (Lipinski definition) is 3. The normalized spacial score (nSPS) is 10.3. The Kier molecular flexibility index (Phi) is 4.24. The van der Waals surface area contributed by atoms with Crippen molar-refractivity contribution in [1.29, 1.82) is 0 Å². The van der Waals surface area contributed by atoms with Crippen LogP contribution in [0.4, 0.5) is 0 Å². The monoisotopic (exact) mass is 252 g/mol. The molecule has 0 saturated heterocycles. The van der Waals surface area contributed by atoms with Crippen LogP contribution >= 0.6 is 0 Å². The lowest BCUT2D eigenvalue weighted by atomic mass is 10.2. The molecule has 0 aliphatic carbocycles. The molecule has 2 aromatic rings. The van der Waals surface area contributed by atoms with Crippen molar-refractivity contribution in [3.8, 4) is 5.75 Å². The number of aldehydes is 1. The van der Waals surface area contributed by atoms with Crippen LogP contribution in [0.15, 0.2) is 60.7 Å². The molecule has 0 heterocycles. The summed E-state index contributed by atoms with van der Waals surface area (Å²) in [5, 5.41) is 0. The quantitative estimate of drug-likeness (QED) is 0.363. The maximum atomic E-state index is 11.9. The zero-order chi connectivity index (χ0) is 13.5. The van der Waals surface area contributed by atoms with Gasteiger partial charge in [-0.2, -0.15) is 0 Å². The minimum Gasteiger partial charge on any atom is -0.422 e. The van der Waals surface area contributed by atoms with Gasteiger partial charge in [-0.1, -0.05) is 36.4 Å². The largest absolute Gasteiger partial charge is 0.422 e.